The molecular formula is C22H40O2S. The van der Waals surface area contributed by atoms with Crippen molar-refractivity contribution in [1.82, 2.24) is 0 Å². The van der Waals surface area contributed by atoms with Crippen molar-refractivity contribution in [3.05, 3.63) is 0 Å². The van der Waals surface area contributed by atoms with Crippen molar-refractivity contribution in [3.8, 4) is 0 Å². The molecule has 0 N–H and O–H groups in total. The lowest BCUT2D eigenvalue weighted by Crippen LogP contribution is -2.42. The van der Waals surface area contributed by atoms with Crippen LogP contribution in [0.2, 0.25) is 0 Å². The van der Waals surface area contributed by atoms with E-state index < -0.39 is 0 Å². The standard InChI is InChI=1S/C22H40O2S/c1-5-7-13-23-19-11-9-17-18-10-12-20(24-14-8-6-2)16(4)22(18)25-21(17)15(19)3/h15-22H,5-14H2,1-4H3. The van der Waals surface area contributed by atoms with Gasteiger partial charge in [0, 0.05) is 23.7 Å². The number of hydrogen-bond donors (Lipinski definition) is 0. The van der Waals surface area contributed by atoms with E-state index in [2.05, 4.69) is 39.5 Å². The highest BCUT2D eigenvalue weighted by Gasteiger charge is 2.53. The Hall–Kier alpha value is 0.270. The van der Waals surface area contributed by atoms with E-state index in [1.54, 1.807) is 0 Å². The Kier molecular flexibility index (Phi) is 7.57. The number of ether oxygens (including phenoxy) is 2. The summed E-state index contributed by atoms with van der Waals surface area (Å²) >= 11 is 2.32. The first-order valence-electron chi connectivity index (χ1n) is 11.1. The van der Waals surface area contributed by atoms with Crippen LogP contribution >= 0.6 is 11.8 Å². The zero-order valence-corrected chi connectivity index (χ0v) is 17.7. The minimum Gasteiger partial charge on any atom is -0.378 e. The summed E-state index contributed by atoms with van der Waals surface area (Å²) < 4.78 is 12.5. The maximum Gasteiger partial charge on any atom is 0.0611 e. The van der Waals surface area contributed by atoms with Gasteiger partial charge in [0.1, 0.15) is 0 Å². The number of thioether (sulfide) groups is 1. The molecule has 0 aromatic rings. The van der Waals surface area contributed by atoms with Crippen molar-refractivity contribution in [2.24, 2.45) is 23.7 Å². The van der Waals surface area contributed by atoms with Crippen molar-refractivity contribution in [1.29, 1.82) is 0 Å². The number of unbranched alkanes of at least 4 members (excludes halogenated alkanes) is 2. The zero-order valence-electron chi connectivity index (χ0n) is 16.9. The molecule has 1 heterocycles. The van der Waals surface area contributed by atoms with Crippen LogP contribution in [-0.2, 0) is 9.47 Å². The van der Waals surface area contributed by atoms with Gasteiger partial charge in [0.2, 0.25) is 0 Å². The van der Waals surface area contributed by atoms with Gasteiger partial charge in [-0.05, 0) is 62.2 Å². The summed E-state index contributed by atoms with van der Waals surface area (Å²) in [5, 5.41) is 1.65. The van der Waals surface area contributed by atoms with E-state index in [4.69, 9.17) is 9.47 Å². The SMILES string of the molecule is CCCCOC1CCC2C3CCC(OCCCC)C(C)C3SC2C1C. The molecule has 0 amide bonds. The molecule has 25 heavy (non-hydrogen) atoms. The first-order valence-corrected chi connectivity index (χ1v) is 12.0. The van der Waals surface area contributed by atoms with Gasteiger partial charge in [-0.3, -0.25) is 0 Å². The maximum atomic E-state index is 6.27. The molecule has 3 aliphatic rings. The third kappa shape index (κ3) is 4.41. The first-order chi connectivity index (χ1) is 12.2. The minimum absolute atomic E-state index is 0.507. The second-order valence-electron chi connectivity index (χ2n) is 8.79. The quantitative estimate of drug-likeness (QED) is 0.494. The molecule has 0 aromatic carbocycles. The molecule has 0 aromatic heterocycles. The second-order valence-corrected chi connectivity index (χ2v) is 10.2. The van der Waals surface area contributed by atoms with Crippen LogP contribution in [0.4, 0.5) is 0 Å². The Morgan fingerprint density at radius 1 is 0.720 bits per heavy atom. The fourth-order valence-corrected chi connectivity index (χ4v) is 7.83. The molecule has 1 aliphatic heterocycles. The molecule has 0 bridgehead atoms. The summed E-state index contributed by atoms with van der Waals surface area (Å²) in [5.41, 5.74) is 0. The number of fused-ring (bicyclic) bond motifs is 3. The van der Waals surface area contributed by atoms with Crippen molar-refractivity contribution in [3.63, 3.8) is 0 Å². The average Bonchev–Trinajstić information content (AvgIpc) is 3.00. The molecule has 3 heteroatoms. The molecule has 2 aliphatic carbocycles. The van der Waals surface area contributed by atoms with Gasteiger partial charge >= 0.3 is 0 Å². The van der Waals surface area contributed by atoms with Crippen molar-refractivity contribution in [2.45, 2.75) is 102 Å². The van der Waals surface area contributed by atoms with Crippen LogP contribution in [0.15, 0.2) is 0 Å². The van der Waals surface area contributed by atoms with Crippen LogP contribution in [0.5, 0.6) is 0 Å². The van der Waals surface area contributed by atoms with Gasteiger partial charge < -0.3 is 9.47 Å². The number of rotatable bonds is 8. The van der Waals surface area contributed by atoms with Crippen LogP contribution < -0.4 is 0 Å². The summed E-state index contributed by atoms with van der Waals surface area (Å²) in [6.45, 7) is 11.4. The lowest BCUT2D eigenvalue weighted by Gasteiger charge is -2.41. The molecule has 2 nitrogen and oxygen atoms in total. The first kappa shape index (κ1) is 20.0. The third-order valence-corrected chi connectivity index (χ3v) is 9.33. The topological polar surface area (TPSA) is 18.5 Å². The Morgan fingerprint density at radius 2 is 1.16 bits per heavy atom. The van der Waals surface area contributed by atoms with Crippen LogP contribution in [0.1, 0.15) is 79.1 Å². The van der Waals surface area contributed by atoms with E-state index in [1.807, 2.05) is 0 Å². The van der Waals surface area contributed by atoms with Gasteiger partial charge in [0.15, 0.2) is 0 Å². The van der Waals surface area contributed by atoms with Gasteiger partial charge in [-0.25, -0.2) is 0 Å². The zero-order chi connectivity index (χ0) is 17.8. The van der Waals surface area contributed by atoms with E-state index in [0.717, 1.165) is 47.4 Å². The summed E-state index contributed by atoms with van der Waals surface area (Å²) in [5.74, 6) is 3.32. The predicted molar refractivity (Wildman–Crippen MR) is 108 cm³/mol. The Labute approximate surface area is 160 Å². The molecule has 146 valence electrons. The van der Waals surface area contributed by atoms with Gasteiger partial charge in [0.25, 0.3) is 0 Å². The van der Waals surface area contributed by atoms with E-state index in [-0.39, 0.29) is 0 Å². The second kappa shape index (κ2) is 9.46. The van der Waals surface area contributed by atoms with Gasteiger partial charge in [-0.15, -0.1) is 0 Å². The van der Waals surface area contributed by atoms with Gasteiger partial charge in [-0.1, -0.05) is 40.5 Å². The molecule has 1 saturated heterocycles. The lowest BCUT2D eigenvalue weighted by atomic mass is 9.67. The molecule has 3 fully saturated rings. The molecule has 3 rings (SSSR count). The summed E-state index contributed by atoms with van der Waals surface area (Å²) in [4.78, 5) is 0. The molecular weight excluding hydrogens is 328 g/mol. The molecule has 8 unspecified atom stereocenters. The Balaban J connectivity index is 1.57. The Bertz CT molecular complexity index is 365. The minimum atomic E-state index is 0.507. The van der Waals surface area contributed by atoms with Crippen LogP contribution in [0, 0.1) is 23.7 Å². The molecule has 0 radical (unpaired) electrons. The number of hydrogen-bond acceptors (Lipinski definition) is 3. The highest BCUT2D eigenvalue weighted by Crippen LogP contribution is 2.58. The molecule has 0 spiro atoms. The van der Waals surface area contributed by atoms with Crippen molar-refractivity contribution in [2.75, 3.05) is 13.2 Å². The van der Waals surface area contributed by atoms with E-state index in [0.29, 0.717) is 12.2 Å². The Morgan fingerprint density at radius 3 is 1.56 bits per heavy atom. The van der Waals surface area contributed by atoms with Gasteiger partial charge in [-0.2, -0.15) is 11.8 Å². The predicted octanol–water partition coefficient (Wildman–Crippen LogP) is 5.93. The van der Waals surface area contributed by atoms with Crippen molar-refractivity contribution < 1.29 is 9.47 Å². The average molecular weight is 369 g/mol. The lowest BCUT2D eigenvalue weighted by molar-refractivity contribution is -0.0372. The summed E-state index contributed by atoms with van der Waals surface area (Å²) in [6.07, 6.45) is 11.3. The van der Waals surface area contributed by atoms with E-state index in [9.17, 15) is 0 Å². The fraction of sp³-hybridized carbons (Fsp3) is 1.00. The van der Waals surface area contributed by atoms with Gasteiger partial charge in [0.05, 0.1) is 12.2 Å². The monoisotopic (exact) mass is 368 g/mol. The van der Waals surface area contributed by atoms with Crippen LogP contribution in [0.3, 0.4) is 0 Å². The summed E-state index contributed by atoms with van der Waals surface area (Å²) in [7, 11) is 0. The van der Waals surface area contributed by atoms with Crippen molar-refractivity contribution >= 4 is 11.8 Å². The highest BCUT2D eigenvalue weighted by molar-refractivity contribution is 8.00. The smallest absolute Gasteiger partial charge is 0.0611 e. The third-order valence-electron chi connectivity index (χ3n) is 7.15. The summed E-state index contributed by atoms with van der Waals surface area (Å²) in [6, 6.07) is 0. The van der Waals surface area contributed by atoms with E-state index in [1.165, 1.54) is 51.4 Å². The fourth-order valence-electron chi connectivity index (χ4n) is 5.55. The van der Waals surface area contributed by atoms with Crippen LogP contribution in [0.25, 0.3) is 0 Å². The largest absolute Gasteiger partial charge is 0.378 e. The highest BCUT2D eigenvalue weighted by atomic mass is 32.2. The van der Waals surface area contributed by atoms with Crippen LogP contribution in [-0.4, -0.2) is 35.9 Å². The maximum absolute atomic E-state index is 6.27. The molecule has 8 atom stereocenters. The van der Waals surface area contributed by atoms with E-state index >= 15 is 0 Å². The molecule has 2 saturated carbocycles. The normalized spacial score (nSPS) is 43.7.